The SMILES string of the molecule is O=[N+]([O-])c1cc(F)cc(NCC2COCCN2)c1. The number of ether oxygens (including phenoxy) is 1. The van der Waals surface area contributed by atoms with Gasteiger partial charge in [-0.15, -0.1) is 0 Å². The van der Waals surface area contributed by atoms with Crippen molar-refractivity contribution < 1.29 is 14.1 Å². The van der Waals surface area contributed by atoms with Gasteiger partial charge in [-0.3, -0.25) is 10.1 Å². The van der Waals surface area contributed by atoms with Gasteiger partial charge in [0.25, 0.3) is 5.69 Å². The van der Waals surface area contributed by atoms with E-state index in [0.29, 0.717) is 25.4 Å². The largest absolute Gasteiger partial charge is 0.383 e. The van der Waals surface area contributed by atoms with Gasteiger partial charge in [-0.2, -0.15) is 0 Å². The normalized spacial score (nSPS) is 19.5. The minimum absolute atomic E-state index is 0.126. The summed E-state index contributed by atoms with van der Waals surface area (Å²) in [5.41, 5.74) is 0.138. The number of hydrogen-bond donors (Lipinski definition) is 2. The van der Waals surface area contributed by atoms with E-state index in [4.69, 9.17) is 4.74 Å². The lowest BCUT2D eigenvalue weighted by atomic mass is 10.2. The lowest BCUT2D eigenvalue weighted by Crippen LogP contribution is -2.45. The van der Waals surface area contributed by atoms with Crippen LogP contribution in [-0.4, -0.2) is 37.3 Å². The highest BCUT2D eigenvalue weighted by Gasteiger charge is 2.14. The van der Waals surface area contributed by atoms with Crippen LogP contribution in [0.25, 0.3) is 0 Å². The molecule has 0 saturated carbocycles. The van der Waals surface area contributed by atoms with Crippen LogP contribution in [-0.2, 0) is 4.74 Å². The molecule has 0 radical (unpaired) electrons. The standard InChI is InChI=1S/C11H14FN3O3/c12-8-3-9(5-11(4-8)15(16)17)14-6-10-7-18-2-1-13-10/h3-5,10,13-14H,1-2,6-7H2. The number of nitrogens with zero attached hydrogens (tertiary/aromatic N) is 1. The van der Waals surface area contributed by atoms with Crippen molar-refractivity contribution in [1.29, 1.82) is 0 Å². The zero-order valence-corrected chi connectivity index (χ0v) is 9.69. The first kappa shape index (κ1) is 12.7. The highest BCUT2D eigenvalue weighted by atomic mass is 19.1. The van der Waals surface area contributed by atoms with Crippen molar-refractivity contribution in [1.82, 2.24) is 5.32 Å². The number of benzene rings is 1. The summed E-state index contributed by atoms with van der Waals surface area (Å²) in [5.74, 6) is -0.625. The number of halogens is 1. The second-order valence-electron chi connectivity index (χ2n) is 4.06. The Kier molecular flexibility index (Phi) is 4.06. The predicted octanol–water partition coefficient (Wildman–Crippen LogP) is 1.13. The van der Waals surface area contributed by atoms with Gasteiger partial charge in [0.05, 0.1) is 24.2 Å². The first-order valence-electron chi connectivity index (χ1n) is 5.65. The molecule has 18 heavy (non-hydrogen) atoms. The quantitative estimate of drug-likeness (QED) is 0.623. The van der Waals surface area contributed by atoms with E-state index in [0.717, 1.165) is 12.6 Å². The van der Waals surface area contributed by atoms with Crippen molar-refractivity contribution in [3.05, 3.63) is 34.1 Å². The molecule has 2 rings (SSSR count). The van der Waals surface area contributed by atoms with Gasteiger partial charge in [0, 0.05) is 30.9 Å². The molecule has 1 aliphatic heterocycles. The molecule has 0 bridgehead atoms. The zero-order valence-electron chi connectivity index (χ0n) is 9.69. The van der Waals surface area contributed by atoms with Crippen molar-refractivity contribution in [2.24, 2.45) is 0 Å². The molecule has 1 aliphatic rings. The minimum Gasteiger partial charge on any atom is -0.383 e. The summed E-state index contributed by atoms with van der Waals surface area (Å²) in [7, 11) is 0. The fourth-order valence-corrected chi connectivity index (χ4v) is 1.77. The summed E-state index contributed by atoms with van der Waals surface area (Å²) < 4.78 is 18.4. The van der Waals surface area contributed by atoms with E-state index in [1.165, 1.54) is 12.1 Å². The number of nitro groups is 1. The first-order valence-corrected chi connectivity index (χ1v) is 5.65. The smallest absolute Gasteiger partial charge is 0.274 e. The summed E-state index contributed by atoms with van der Waals surface area (Å²) in [6.45, 7) is 2.56. The van der Waals surface area contributed by atoms with Gasteiger partial charge >= 0.3 is 0 Å². The second kappa shape index (κ2) is 5.74. The zero-order chi connectivity index (χ0) is 13.0. The highest BCUT2D eigenvalue weighted by molar-refractivity contribution is 5.51. The summed E-state index contributed by atoms with van der Waals surface area (Å²) >= 11 is 0. The molecule has 1 unspecified atom stereocenters. The fourth-order valence-electron chi connectivity index (χ4n) is 1.77. The third kappa shape index (κ3) is 3.38. The second-order valence-corrected chi connectivity index (χ2v) is 4.06. The van der Waals surface area contributed by atoms with Gasteiger partial charge in [0.2, 0.25) is 0 Å². The van der Waals surface area contributed by atoms with Crippen LogP contribution in [0.3, 0.4) is 0 Å². The third-order valence-electron chi connectivity index (χ3n) is 2.64. The summed E-state index contributed by atoms with van der Waals surface area (Å²) in [5, 5.41) is 16.8. The topological polar surface area (TPSA) is 76.4 Å². The molecule has 6 nitrogen and oxygen atoms in total. The Morgan fingerprint density at radius 3 is 3.06 bits per heavy atom. The van der Waals surface area contributed by atoms with Gasteiger partial charge in [0.15, 0.2) is 0 Å². The number of hydrogen-bond acceptors (Lipinski definition) is 5. The number of nitrogens with one attached hydrogen (secondary N) is 2. The predicted molar refractivity (Wildman–Crippen MR) is 64.2 cm³/mol. The van der Waals surface area contributed by atoms with Crippen molar-refractivity contribution in [2.75, 3.05) is 31.6 Å². The summed E-state index contributed by atoms with van der Waals surface area (Å²) in [6, 6.07) is 3.57. The molecule has 0 spiro atoms. The molecular formula is C11H14FN3O3. The molecule has 0 aliphatic carbocycles. The van der Waals surface area contributed by atoms with Crippen LogP contribution < -0.4 is 10.6 Å². The van der Waals surface area contributed by atoms with Crippen molar-refractivity contribution in [3.63, 3.8) is 0 Å². The first-order chi connectivity index (χ1) is 8.65. The molecule has 0 amide bonds. The molecule has 7 heteroatoms. The Labute approximate surface area is 103 Å². The maximum atomic E-state index is 13.2. The van der Waals surface area contributed by atoms with Crippen molar-refractivity contribution in [2.45, 2.75) is 6.04 Å². The van der Waals surface area contributed by atoms with E-state index in [1.807, 2.05) is 0 Å². The number of non-ortho nitro benzene ring substituents is 1. The van der Waals surface area contributed by atoms with Crippen molar-refractivity contribution in [3.8, 4) is 0 Å². The average molecular weight is 255 g/mol. The molecule has 1 atom stereocenters. The Bertz CT molecular complexity index is 436. The van der Waals surface area contributed by atoms with Gasteiger partial charge in [-0.05, 0) is 6.07 Å². The van der Waals surface area contributed by atoms with E-state index in [2.05, 4.69) is 10.6 Å². The van der Waals surface area contributed by atoms with E-state index in [-0.39, 0.29) is 11.7 Å². The molecule has 2 N–H and O–H groups in total. The van der Waals surface area contributed by atoms with E-state index in [1.54, 1.807) is 0 Å². The monoisotopic (exact) mass is 255 g/mol. The molecule has 1 fully saturated rings. The number of rotatable bonds is 4. The molecule has 1 aromatic carbocycles. The third-order valence-corrected chi connectivity index (χ3v) is 2.64. The Morgan fingerprint density at radius 2 is 2.39 bits per heavy atom. The lowest BCUT2D eigenvalue weighted by molar-refractivity contribution is -0.385. The summed E-state index contributed by atoms with van der Waals surface area (Å²) in [4.78, 5) is 9.98. The van der Waals surface area contributed by atoms with Crippen LogP contribution in [0.2, 0.25) is 0 Å². The Morgan fingerprint density at radius 1 is 1.56 bits per heavy atom. The van der Waals surface area contributed by atoms with Gasteiger partial charge in [-0.25, -0.2) is 4.39 Å². The van der Waals surface area contributed by atoms with Gasteiger partial charge in [-0.1, -0.05) is 0 Å². The molecule has 1 aromatic rings. The fraction of sp³-hybridized carbons (Fsp3) is 0.455. The van der Waals surface area contributed by atoms with E-state index >= 15 is 0 Å². The molecule has 0 aromatic heterocycles. The van der Waals surface area contributed by atoms with Crippen LogP contribution in [0.15, 0.2) is 18.2 Å². The average Bonchev–Trinajstić information content (AvgIpc) is 2.37. The van der Waals surface area contributed by atoms with Crippen LogP contribution in [0.4, 0.5) is 15.8 Å². The van der Waals surface area contributed by atoms with Crippen LogP contribution in [0, 0.1) is 15.9 Å². The van der Waals surface area contributed by atoms with Crippen LogP contribution in [0.1, 0.15) is 0 Å². The Balaban J connectivity index is 1.97. The lowest BCUT2D eigenvalue weighted by Gasteiger charge is -2.24. The van der Waals surface area contributed by atoms with Crippen molar-refractivity contribution >= 4 is 11.4 Å². The number of morpholine rings is 1. The van der Waals surface area contributed by atoms with Crippen LogP contribution in [0.5, 0.6) is 0 Å². The summed E-state index contributed by atoms with van der Waals surface area (Å²) in [6.07, 6.45) is 0. The molecule has 1 heterocycles. The Hall–Kier alpha value is -1.73. The number of nitro benzene ring substituents is 1. The molecular weight excluding hydrogens is 241 g/mol. The van der Waals surface area contributed by atoms with Crippen LogP contribution >= 0.6 is 0 Å². The molecule has 1 saturated heterocycles. The maximum Gasteiger partial charge on any atom is 0.274 e. The molecule has 98 valence electrons. The highest BCUT2D eigenvalue weighted by Crippen LogP contribution is 2.19. The minimum atomic E-state index is -0.625. The maximum absolute atomic E-state index is 13.2. The number of anilines is 1. The van der Waals surface area contributed by atoms with E-state index in [9.17, 15) is 14.5 Å². The van der Waals surface area contributed by atoms with Gasteiger partial charge in [0.1, 0.15) is 5.82 Å². The van der Waals surface area contributed by atoms with E-state index < -0.39 is 10.7 Å². The van der Waals surface area contributed by atoms with Gasteiger partial charge < -0.3 is 15.4 Å².